The van der Waals surface area contributed by atoms with Crippen molar-refractivity contribution in [2.75, 3.05) is 11.9 Å². The van der Waals surface area contributed by atoms with Crippen LogP contribution in [0.5, 0.6) is 5.75 Å². The summed E-state index contributed by atoms with van der Waals surface area (Å²) < 4.78 is 5.71. The van der Waals surface area contributed by atoms with Crippen LogP contribution in [0, 0.1) is 6.92 Å². The molecule has 0 fully saturated rings. The van der Waals surface area contributed by atoms with Gasteiger partial charge in [-0.25, -0.2) is 0 Å². The van der Waals surface area contributed by atoms with Gasteiger partial charge in [0.2, 0.25) is 0 Å². The Morgan fingerprint density at radius 3 is 2.48 bits per heavy atom. The molecule has 5 heteroatoms. The van der Waals surface area contributed by atoms with Crippen molar-refractivity contribution in [2.24, 2.45) is 5.73 Å². The van der Waals surface area contributed by atoms with Crippen LogP contribution in [0.15, 0.2) is 42.5 Å². The number of nitrogens with one attached hydrogen (secondary N) is 1. The molecular weight excluding hydrogens is 312 g/mol. The van der Waals surface area contributed by atoms with Crippen molar-refractivity contribution < 1.29 is 9.53 Å². The number of halogens is 1. The largest absolute Gasteiger partial charge is 0.491 e. The van der Waals surface area contributed by atoms with E-state index < -0.39 is 0 Å². The van der Waals surface area contributed by atoms with Gasteiger partial charge in [0.25, 0.3) is 5.91 Å². The number of anilines is 1. The van der Waals surface area contributed by atoms with Gasteiger partial charge in [0.15, 0.2) is 0 Å². The van der Waals surface area contributed by atoms with Crippen molar-refractivity contribution >= 4 is 24.0 Å². The minimum Gasteiger partial charge on any atom is -0.491 e. The van der Waals surface area contributed by atoms with E-state index in [1.807, 2.05) is 44.2 Å². The van der Waals surface area contributed by atoms with E-state index in [2.05, 4.69) is 5.32 Å². The Kier molecular flexibility index (Phi) is 7.59. The molecule has 2 aromatic rings. The average Bonchev–Trinajstić information content (AvgIpc) is 2.55. The summed E-state index contributed by atoms with van der Waals surface area (Å²) in [4.78, 5) is 12.3. The molecule has 0 aliphatic carbocycles. The fourth-order valence-corrected chi connectivity index (χ4v) is 2.05. The maximum absolute atomic E-state index is 12.3. The molecule has 0 spiro atoms. The average molecular weight is 335 g/mol. The molecule has 2 rings (SSSR count). The highest BCUT2D eigenvalue weighted by molar-refractivity contribution is 6.05. The minimum absolute atomic E-state index is 0. The second-order valence-electron chi connectivity index (χ2n) is 5.20. The lowest BCUT2D eigenvalue weighted by atomic mass is 10.1. The molecule has 0 unspecified atom stereocenters. The molecule has 0 aromatic heterocycles. The third-order valence-corrected chi connectivity index (χ3v) is 3.30. The lowest BCUT2D eigenvalue weighted by Gasteiger charge is -2.13. The molecule has 2 aromatic carbocycles. The van der Waals surface area contributed by atoms with Gasteiger partial charge < -0.3 is 15.8 Å². The van der Waals surface area contributed by atoms with Crippen LogP contribution < -0.4 is 15.8 Å². The molecule has 1 amide bonds. The first kappa shape index (κ1) is 19.0. The lowest BCUT2D eigenvalue weighted by molar-refractivity contribution is 0.102. The van der Waals surface area contributed by atoms with E-state index in [9.17, 15) is 4.79 Å². The highest BCUT2D eigenvalue weighted by atomic mass is 35.5. The van der Waals surface area contributed by atoms with E-state index in [1.54, 1.807) is 12.1 Å². The highest BCUT2D eigenvalue weighted by Gasteiger charge is 2.10. The number of benzene rings is 2. The van der Waals surface area contributed by atoms with Crippen LogP contribution in [0.1, 0.15) is 34.8 Å². The van der Waals surface area contributed by atoms with E-state index in [0.717, 1.165) is 17.5 Å². The van der Waals surface area contributed by atoms with Crippen LogP contribution in [-0.2, 0) is 6.54 Å². The van der Waals surface area contributed by atoms with Crippen molar-refractivity contribution in [2.45, 2.75) is 26.8 Å². The number of carbonyl (C=O) groups excluding carboxylic acids is 1. The van der Waals surface area contributed by atoms with Crippen LogP contribution in [0.25, 0.3) is 0 Å². The van der Waals surface area contributed by atoms with Crippen LogP contribution in [0.4, 0.5) is 5.69 Å². The van der Waals surface area contributed by atoms with Gasteiger partial charge in [-0.3, -0.25) is 4.79 Å². The van der Waals surface area contributed by atoms with E-state index in [4.69, 9.17) is 10.5 Å². The van der Waals surface area contributed by atoms with Gasteiger partial charge in [-0.05, 0) is 48.7 Å². The Hall–Kier alpha value is -2.04. The molecule has 0 aliphatic rings. The topological polar surface area (TPSA) is 64.3 Å². The quantitative estimate of drug-likeness (QED) is 0.841. The van der Waals surface area contributed by atoms with Gasteiger partial charge in [0.05, 0.1) is 12.3 Å². The molecule has 4 nitrogen and oxygen atoms in total. The number of hydrogen-bond donors (Lipinski definition) is 2. The van der Waals surface area contributed by atoms with Crippen molar-refractivity contribution in [1.82, 2.24) is 0 Å². The Balaban J connectivity index is 0.00000264. The SMILES string of the molecule is CCCOc1cc(C)ccc1NC(=O)c1ccc(CN)cc1.Cl. The third kappa shape index (κ3) is 5.27. The maximum Gasteiger partial charge on any atom is 0.255 e. The summed E-state index contributed by atoms with van der Waals surface area (Å²) >= 11 is 0. The summed E-state index contributed by atoms with van der Waals surface area (Å²) in [5.74, 6) is 0.544. The normalized spacial score (nSPS) is 9.87. The van der Waals surface area contributed by atoms with Gasteiger partial charge in [0, 0.05) is 12.1 Å². The third-order valence-electron chi connectivity index (χ3n) is 3.30. The summed E-state index contributed by atoms with van der Waals surface area (Å²) in [6.45, 7) is 5.13. The number of aryl methyl sites for hydroxylation is 1. The Labute approximate surface area is 143 Å². The van der Waals surface area contributed by atoms with Crippen molar-refractivity contribution in [3.63, 3.8) is 0 Å². The zero-order valence-corrected chi connectivity index (χ0v) is 14.3. The molecule has 3 N–H and O–H groups in total. The number of rotatable bonds is 6. The number of hydrogen-bond acceptors (Lipinski definition) is 3. The zero-order valence-electron chi connectivity index (χ0n) is 13.5. The molecule has 0 aliphatic heterocycles. The number of ether oxygens (including phenoxy) is 1. The standard InChI is InChI=1S/C18H22N2O2.ClH/c1-3-10-22-17-11-13(2)4-9-16(17)20-18(21)15-7-5-14(12-19)6-8-15;/h4-9,11H,3,10,12,19H2,1-2H3,(H,20,21);1H. The van der Waals surface area contributed by atoms with Crippen molar-refractivity contribution in [3.8, 4) is 5.75 Å². The number of carbonyl (C=O) groups is 1. The summed E-state index contributed by atoms with van der Waals surface area (Å²) in [7, 11) is 0. The minimum atomic E-state index is -0.159. The van der Waals surface area contributed by atoms with E-state index in [-0.39, 0.29) is 18.3 Å². The number of amides is 1. The first-order chi connectivity index (χ1) is 10.6. The first-order valence-corrected chi connectivity index (χ1v) is 7.48. The van der Waals surface area contributed by atoms with Crippen LogP contribution in [-0.4, -0.2) is 12.5 Å². The van der Waals surface area contributed by atoms with Crippen LogP contribution in [0.2, 0.25) is 0 Å². The lowest BCUT2D eigenvalue weighted by Crippen LogP contribution is -2.13. The van der Waals surface area contributed by atoms with Crippen molar-refractivity contribution in [3.05, 3.63) is 59.2 Å². The smallest absolute Gasteiger partial charge is 0.255 e. The van der Waals surface area contributed by atoms with Gasteiger partial charge in [-0.2, -0.15) is 0 Å². The monoisotopic (exact) mass is 334 g/mol. The maximum atomic E-state index is 12.3. The molecule has 0 saturated carbocycles. The Morgan fingerprint density at radius 2 is 1.87 bits per heavy atom. The summed E-state index contributed by atoms with van der Waals surface area (Å²) in [5, 5.41) is 2.91. The summed E-state index contributed by atoms with van der Waals surface area (Å²) in [6.07, 6.45) is 0.919. The zero-order chi connectivity index (χ0) is 15.9. The Bertz CT molecular complexity index is 642. The molecule has 0 bridgehead atoms. The predicted molar refractivity (Wildman–Crippen MR) is 96.5 cm³/mol. The molecule has 0 heterocycles. The molecule has 0 radical (unpaired) electrons. The fraction of sp³-hybridized carbons (Fsp3) is 0.278. The van der Waals surface area contributed by atoms with E-state index in [1.165, 1.54) is 0 Å². The molecular formula is C18H23ClN2O2. The fourth-order valence-electron chi connectivity index (χ4n) is 2.05. The second kappa shape index (κ2) is 9.18. The first-order valence-electron chi connectivity index (χ1n) is 7.48. The molecule has 0 atom stereocenters. The van der Waals surface area contributed by atoms with Gasteiger partial charge in [-0.1, -0.05) is 25.1 Å². The predicted octanol–water partition coefficient (Wildman–Crippen LogP) is 3.92. The second-order valence-corrected chi connectivity index (χ2v) is 5.20. The van der Waals surface area contributed by atoms with Gasteiger partial charge in [0.1, 0.15) is 5.75 Å². The highest BCUT2D eigenvalue weighted by Crippen LogP contribution is 2.26. The van der Waals surface area contributed by atoms with Crippen LogP contribution >= 0.6 is 12.4 Å². The van der Waals surface area contributed by atoms with E-state index >= 15 is 0 Å². The van der Waals surface area contributed by atoms with Gasteiger partial charge in [-0.15, -0.1) is 12.4 Å². The summed E-state index contributed by atoms with van der Waals surface area (Å²) in [5.41, 5.74) is 8.94. The summed E-state index contributed by atoms with van der Waals surface area (Å²) in [6, 6.07) is 13.0. The Morgan fingerprint density at radius 1 is 1.17 bits per heavy atom. The van der Waals surface area contributed by atoms with Gasteiger partial charge >= 0.3 is 0 Å². The molecule has 124 valence electrons. The van der Waals surface area contributed by atoms with Crippen molar-refractivity contribution in [1.29, 1.82) is 0 Å². The molecule has 0 saturated heterocycles. The van der Waals surface area contributed by atoms with Crippen LogP contribution in [0.3, 0.4) is 0 Å². The van der Waals surface area contributed by atoms with E-state index in [0.29, 0.717) is 30.2 Å². The molecule has 23 heavy (non-hydrogen) atoms. The number of nitrogens with two attached hydrogens (primary N) is 1.